The fourth-order valence-corrected chi connectivity index (χ4v) is 1.45. The molecule has 1 rings (SSSR count). The van der Waals surface area contributed by atoms with E-state index in [0.29, 0.717) is 6.07 Å². The van der Waals surface area contributed by atoms with Gasteiger partial charge in [-0.3, -0.25) is 4.79 Å². The zero-order valence-electron chi connectivity index (χ0n) is 9.28. The van der Waals surface area contributed by atoms with Crippen LogP contribution in [0.1, 0.15) is 12.5 Å². The van der Waals surface area contributed by atoms with Crippen LogP contribution in [-0.4, -0.2) is 29.4 Å². The van der Waals surface area contributed by atoms with Crippen LogP contribution >= 0.6 is 0 Å². The second-order valence-electron chi connectivity index (χ2n) is 3.72. The highest BCUT2D eigenvalue weighted by Gasteiger charge is 2.41. The van der Waals surface area contributed by atoms with Crippen LogP contribution in [0.25, 0.3) is 0 Å². The number of carbonyl (C=O) groups excluding carboxylic acids is 1. The van der Waals surface area contributed by atoms with Crippen molar-refractivity contribution in [2.75, 3.05) is 7.05 Å². The molecule has 0 saturated heterocycles. The minimum Gasteiger partial charge on any atom is -0.479 e. The lowest BCUT2D eigenvalue weighted by molar-refractivity contribution is -0.153. The van der Waals surface area contributed by atoms with Gasteiger partial charge in [-0.1, -0.05) is 6.07 Å². The van der Waals surface area contributed by atoms with Crippen molar-refractivity contribution in [3.63, 3.8) is 0 Å². The van der Waals surface area contributed by atoms with Crippen LogP contribution in [-0.2, 0) is 15.1 Å². The maximum absolute atomic E-state index is 13.6. The number of likely N-dealkylation sites (N-methyl/N-ethyl adjacent to an activating group) is 1. The first-order valence-corrected chi connectivity index (χ1v) is 4.71. The molecule has 1 unspecified atom stereocenters. The monoisotopic (exact) mass is 243 g/mol. The first-order valence-electron chi connectivity index (χ1n) is 4.71. The number of hydrogen-bond donors (Lipinski definition) is 1. The zero-order chi connectivity index (χ0) is 13.2. The summed E-state index contributed by atoms with van der Waals surface area (Å²) in [5.41, 5.74) is -2.15. The molecule has 1 atom stereocenters. The topological polar surface area (TPSA) is 57.6 Å². The van der Waals surface area contributed by atoms with Crippen molar-refractivity contribution >= 4 is 12.4 Å². The summed E-state index contributed by atoms with van der Waals surface area (Å²) in [5, 5.41) is 9.12. The van der Waals surface area contributed by atoms with E-state index in [1.54, 1.807) is 0 Å². The maximum Gasteiger partial charge on any atom is 0.334 e. The number of carbonyl (C=O) groups is 2. The normalized spacial score (nSPS) is 13.9. The third-order valence-electron chi connectivity index (χ3n) is 2.74. The van der Waals surface area contributed by atoms with Gasteiger partial charge in [-0.25, -0.2) is 13.6 Å². The quantitative estimate of drug-likeness (QED) is 0.812. The van der Waals surface area contributed by atoms with E-state index in [4.69, 9.17) is 5.11 Å². The van der Waals surface area contributed by atoms with E-state index in [1.807, 2.05) is 0 Å². The molecule has 0 bridgehead atoms. The van der Waals surface area contributed by atoms with Crippen molar-refractivity contribution in [3.8, 4) is 0 Å². The molecule has 0 saturated carbocycles. The van der Waals surface area contributed by atoms with E-state index in [-0.39, 0.29) is 12.0 Å². The molecule has 0 heterocycles. The number of carboxylic acids is 1. The molecule has 6 heteroatoms. The Hall–Kier alpha value is -1.98. The van der Waals surface area contributed by atoms with Gasteiger partial charge in [-0.2, -0.15) is 0 Å². The van der Waals surface area contributed by atoms with Gasteiger partial charge in [0.2, 0.25) is 6.41 Å². The van der Waals surface area contributed by atoms with Gasteiger partial charge in [0.15, 0.2) is 5.54 Å². The second kappa shape index (κ2) is 4.48. The lowest BCUT2D eigenvalue weighted by Gasteiger charge is -2.32. The molecular formula is C11H11F2NO3. The van der Waals surface area contributed by atoms with Crippen molar-refractivity contribution in [2.45, 2.75) is 12.5 Å². The van der Waals surface area contributed by atoms with E-state index in [0.717, 1.165) is 17.0 Å². The fraction of sp³-hybridized carbons (Fsp3) is 0.273. The third-order valence-corrected chi connectivity index (χ3v) is 2.74. The molecule has 0 aliphatic carbocycles. The van der Waals surface area contributed by atoms with Crippen LogP contribution < -0.4 is 0 Å². The Labute approximate surface area is 96.5 Å². The lowest BCUT2D eigenvalue weighted by Crippen LogP contribution is -2.47. The second-order valence-corrected chi connectivity index (χ2v) is 3.72. The predicted octanol–water partition coefficient (Wildman–Crippen LogP) is 1.35. The molecule has 0 fully saturated rings. The molecule has 4 nitrogen and oxygen atoms in total. The fourth-order valence-electron chi connectivity index (χ4n) is 1.45. The van der Waals surface area contributed by atoms with Gasteiger partial charge in [0.05, 0.1) is 0 Å². The number of aliphatic carboxylic acids is 1. The highest BCUT2D eigenvalue weighted by molar-refractivity contribution is 5.82. The molecule has 0 aliphatic rings. The van der Waals surface area contributed by atoms with Crippen LogP contribution in [0.2, 0.25) is 0 Å². The number of rotatable bonds is 4. The van der Waals surface area contributed by atoms with Gasteiger partial charge in [0, 0.05) is 18.7 Å². The van der Waals surface area contributed by atoms with Gasteiger partial charge in [-0.05, 0) is 13.0 Å². The Morgan fingerprint density at radius 2 is 2.06 bits per heavy atom. The molecular weight excluding hydrogens is 232 g/mol. The number of benzene rings is 1. The standard InChI is InChI=1S/C11H11F2NO3/c1-11(10(16)17,14(2)6-15)8-4-3-7(12)5-9(8)13/h3-6H,1-2H3,(H,16,17). The Morgan fingerprint density at radius 1 is 1.47 bits per heavy atom. The molecule has 0 radical (unpaired) electrons. The van der Waals surface area contributed by atoms with Gasteiger partial charge in [-0.15, -0.1) is 0 Å². The number of amides is 1. The summed E-state index contributed by atoms with van der Waals surface area (Å²) in [7, 11) is 1.21. The molecule has 0 spiro atoms. The summed E-state index contributed by atoms with van der Waals surface area (Å²) in [4.78, 5) is 22.7. The molecule has 1 aromatic rings. The summed E-state index contributed by atoms with van der Waals surface area (Å²) in [6, 6.07) is 2.53. The van der Waals surface area contributed by atoms with Gasteiger partial charge in [0.1, 0.15) is 11.6 Å². The summed E-state index contributed by atoms with van der Waals surface area (Å²) in [5.74, 6) is -3.23. The summed E-state index contributed by atoms with van der Waals surface area (Å²) in [6.07, 6.45) is 0.275. The zero-order valence-corrected chi connectivity index (χ0v) is 9.28. The first-order chi connectivity index (χ1) is 7.83. The van der Waals surface area contributed by atoms with E-state index in [2.05, 4.69) is 0 Å². The molecule has 1 amide bonds. The van der Waals surface area contributed by atoms with E-state index in [9.17, 15) is 18.4 Å². The number of carboxylic acid groups (broad SMARTS) is 1. The molecule has 0 aromatic heterocycles. The maximum atomic E-state index is 13.6. The average molecular weight is 243 g/mol. The van der Waals surface area contributed by atoms with Crippen molar-refractivity contribution < 1.29 is 23.5 Å². The molecule has 1 N–H and O–H groups in total. The third kappa shape index (κ3) is 2.11. The van der Waals surface area contributed by atoms with E-state index >= 15 is 0 Å². The average Bonchev–Trinajstić information content (AvgIpc) is 2.26. The van der Waals surface area contributed by atoms with Crippen molar-refractivity contribution in [2.24, 2.45) is 0 Å². The summed E-state index contributed by atoms with van der Waals surface area (Å²) in [6.45, 7) is 1.17. The van der Waals surface area contributed by atoms with Gasteiger partial charge in [0.25, 0.3) is 0 Å². The van der Waals surface area contributed by atoms with Crippen molar-refractivity contribution in [1.82, 2.24) is 4.90 Å². The predicted molar refractivity (Wildman–Crippen MR) is 55.2 cm³/mol. The molecule has 92 valence electrons. The highest BCUT2D eigenvalue weighted by Crippen LogP contribution is 2.29. The largest absolute Gasteiger partial charge is 0.479 e. The van der Waals surface area contributed by atoms with Crippen molar-refractivity contribution in [3.05, 3.63) is 35.4 Å². The minimum atomic E-state index is -1.88. The Balaban J connectivity index is 3.42. The Morgan fingerprint density at radius 3 is 2.47 bits per heavy atom. The van der Waals surface area contributed by atoms with Crippen LogP contribution in [0.3, 0.4) is 0 Å². The molecule has 0 aliphatic heterocycles. The Kier molecular flexibility index (Phi) is 3.45. The van der Waals surface area contributed by atoms with E-state index in [1.165, 1.54) is 14.0 Å². The SMILES string of the molecule is CN(C=O)C(C)(C(=O)O)c1ccc(F)cc1F. The molecule has 17 heavy (non-hydrogen) atoms. The summed E-state index contributed by atoms with van der Waals surface area (Å²) >= 11 is 0. The smallest absolute Gasteiger partial charge is 0.334 e. The van der Waals surface area contributed by atoms with Gasteiger partial charge < -0.3 is 10.0 Å². The number of nitrogens with zero attached hydrogens (tertiary/aromatic N) is 1. The molecule has 1 aromatic carbocycles. The van der Waals surface area contributed by atoms with Gasteiger partial charge >= 0.3 is 5.97 Å². The van der Waals surface area contributed by atoms with E-state index < -0.39 is 23.1 Å². The highest BCUT2D eigenvalue weighted by atomic mass is 19.1. The van der Waals surface area contributed by atoms with Crippen molar-refractivity contribution in [1.29, 1.82) is 0 Å². The minimum absolute atomic E-state index is 0.275. The Bertz CT molecular complexity index is 464. The van der Waals surface area contributed by atoms with Crippen LogP contribution in [0.4, 0.5) is 8.78 Å². The van der Waals surface area contributed by atoms with Crippen LogP contribution in [0.5, 0.6) is 0 Å². The lowest BCUT2D eigenvalue weighted by atomic mass is 9.90. The summed E-state index contributed by atoms with van der Waals surface area (Å²) < 4.78 is 26.3. The van der Waals surface area contributed by atoms with Crippen LogP contribution in [0, 0.1) is 11.6 Å². The number of hydrogen-bond acceptors (Lipinski definition) is 2. The number of halogens is 2. The first kappa shape index (κ1) is 13.1. The van der Waals surface area contributed by atoms with Crippen LogP contribution in [0.15, 0.2) is 18.2 Å².